The topological polar surface area (TPSA) is 79.9 Å². The van der Waals surface area contributed by atoms with Crippen LogP contribution in [0.1, 0.15) is 45.6 Å². The molecule has 1 aliphatic rings. The second kappa shape index (κ2) is 10.8. The highest BCUT2D eigenvalue weighted by Gasteiger charge is 2.20. The van der Waals surface area contributed by atoms with E-state index < -0.39 is 0 Å². The summed E-state index contributed by atoms with van der Waals surface area (Å²) in [6.07, 6.45) is 2.53. The molecule has 0 atom stereocenters. The number of carbonyl (C=O) groups excluding carboxylic acids is 2. The zero-order valence-corrected chi connectivity index (χ0v) is 19.4. The van der Waals surface area contributed by atoms with Gasteiger partial charge in [0.05, 0.1) is 7.11 Å². The van der Waals surface area contributed by atoms with Gasteiger partial charge in [0.1, 0.15) is 0 Å². The van der Waals surface area contributed by atoms with Gasteiger partial charge in [-0.15, -0.1) is 0 Å². The first-order valence-corrected chi connectivity index (χ1v) is 10.8. The number of methoxy groups -OCH3 is 1. The standard InChI is InChI=1S/C21H32BrN3O4/c1-21(2,3)24-18(26)14-29-20-15(16(22)8-9-17(20)28-4)13-23-10-6-12-25-11-5-7-19(25)27/h8-9,23H,5-7,10-14H2,1-4H3,(H,24,26). The van der Waals surface area contributed by atoms with E-state index in [1.165, 1.54) is 0 Å². The van der Waals surface area contributed by atoms with Gasteiger partial charge >= 0.3 is 0 Å². The fourth-order valence-electron chi connectivity index (χ4n) is 3.21. The first kappa shape index (κ1) is 23.5. The van der Waals surface area contributed by atoms with E-state index >= 15 is 0 Å². The van der Waals surface area contributed by atoms with Gasteiger partial charge in [0.25, 0.3) is 5.91 Å². The number of ether oxygens (including phenoxy) is 2. The van der Waals surface area contributed by atoms with Crippen LogP contribution in [0.4, 0.5) is 0 Å². The maximum absolute atomic E-state index is 12.1. The van der Waals surface area contributed by atoms with Gasteiger partial charge in [-0.1, -0.05) is 15.9 Å². The molecule has 29 heavy (non-hydrogen) atoms. The van der Waals surface area contributed by atoms with E-state index in [0.717, 1.165) is 42.5 Å². The third kappa shape index (κ3) is 7.51. The first-order valence-electron chi connectivity index (χ1n) is 9.99. The molecule has 0 aromatic heterocycles. The Morgan fingerprint density at radius 3 is 2.69 bits per heavy atom. The average molecular weight is 470 g/mol. The molecule has 0 radical (unpaired) electrons. The van der Waals surface area contributed by atoms with E-state index in [9.17, 15) is 9.59 Å². The van der Waals surface area contributed by atoms with Crippen molar-refractivity contribution in [1.29, 1.82) is 0 Å². The molecule has 1 heterocycles. The molecule has 1 fully saturated rings. The Bertz CT molecular complexity index is 719. The molecule has 0 saturated carbocycles. The number of rotatable bonds is 10. The molecule has 0 bridgehead atoms. The van der Waals surface area contributed by atoms with E-state index in [-0.39, 0.29) is 24.0 Å². The van der Waals surface area contributed by atoms with Crippen molar-refractivity contribution >= 4 is 27.7 Å². The first-order chi connectivity index (χ1) is 13.7. The van der Waals surface area contributed by atoms with Crippen LogP contribution in [-0.2, 0) is 16.1 Å². The smallest absolute Gasteiger partial charge is 0.258 e. The Morgan fingerprint density at radius 1 is 1.31 bits per heavy atom. The summed E-state index contributed by atoms with van der Waals surface area (Å²) in [4.78, 5) is 25.7. The van der Waals surface area contributed by atoms with Crippen LogP contribution in [-0.4, -0.2) is 55.6 Å². The number of likely N-dealkylation sites (tertiary alicyclic amines) is 1. The molecule has 0 aliphatic carbocycles. The van der Waals surface area contributed by atoms with Crippen LogP contribution in [0.3, 0.4) is 0 Å². The van der Waals surface area contributed by atoms with Crippen molar-refractivity contribution in [2.75, 3.05) is 33.4 Å². The second-order valence-corrected chi connectivity index (χ2v) is 9.01. The molecule has 2 rings (SSSR count). The van der Waals surface area contributed by atoms with Gasteiger partial charge in [-0.3, -0.25) is 9.59 Å². The van der Waals surface area contributed by atoms with Crippen LogP contribution >= 0.6 is 15.9 Å². The summed E-state index contributed by atoms with van der Waals surface area (Å²) in [7, 11) is 1.58. The van der Waals surface area contributed by atoms with Crippen molar-refractivity contribution in [2.24, 2.45) is 0 Å². The lowest BCUT2D eigenvalue weighted by Crippen LogP contribution is -2.43. The van der Waals surface area contributed by atoms with E-state index in [1.54, 1.807) is 7.11 Å². The number of carbonyl (C=O) groups is 2. The number of hydrogen-bond donors (Lipinski definition) is 2. The Kier molecular flexibility index (Phi) is 8.77. The van der Waals surface area contributed by atoms with E-state index in [0.29, 0.717) is 24.5 Å². The number of hydrogen-bond acceptors (Lipinski definition) is 5. The quantitative estimate of drug-likeness (QED) is 0.515. The van der Waals surface area contributed by atoms with Crippen molar-refractivity contribution in [3.8, 4) is 11.5 Å². The van der Waals surface area contributed by atoms with Gasteiger partial charge in [-0.2, -0.15) is 0 Å². The van der Waals surface area contributed by atoms with E-state index in [2.05, 4.69) is 26.6 Å². The molecule has 1 saturated heterocycles. The molecule has 1 aromatic rings. The summed E-state index contributed by atoms with van der Waals surface area (Å²) >= 11 is 3.57. The highest BCUT2D eigenvalue weighted by Crippen LogP contribution is 2.36. The molecule has 1 aromatic carbocycles. The summed E-state index contributed by atoms with van der Waals surface area (Å²) in [6, 6.07) is 3.71. The monoisotopic (exact) mass is 469 g/mol. The molecule has 8 heteroatoms. The van der Waals surface area contributed by atoms with Crippen LogP contribution in [0.2, 0.25) is 0 Å². The van der Waals surface area contributed by atoms with Gasteiger partial charge in [-0.05, 0) is 52.3 Å². The summed E-state index contributed by atoms with van der Waals surface area (Å²) in [5.41, 5.74) is 0.577. The van der Waals surface area contributed by atoms with Crippen molar-refractivity contribution in [2.45, 2.75) is 52.1 Å². The highest BCUT2D eigenvalue weighted by atomic mass is 79.9. The largest absolute Gasteiger partial charge is 0.493 e. The van der Waals surface area contributed by atoms with Crippen LogP contribution < -0.4 is 20.1 Å². The van der Waals surface area contributed by atoms with Crippen LogP contribution in [0.15, 0.2) is 16.6 Å². The number of benzene rings is 1. The molecule has 7 nitrogen and oxygen atoms in total. The zero-order valence-electron chi connectivity index (χ0n) is 17.8. The summed E-state index contributed by atoms with van der Waals surface area (Å²) in [5.74, 6) is 1.20. The molecule has 2 amide bonds. The molecule has 2 N–H and O–H groups in total. The van der Waals surface area contributed by atoms with Crippen molar-refractivity contribution in [3.63, 3.8) is 0 Å². The molecule has 1 aliphatic heterocycles. The molecule has 0 spiro atoms. The fourth-order valence-corrected chi connectivity index (χ4v) is 3.66. The van der Waals surface area contributed by atoms with E-state index in [4.69, 9.17) is 9.47 Å². The maximum Gasteiger partial charge on any atom is 0.258 e. The number of amides is 2. The van der Waals surface area contributed by atoms with E-state index in [1.807, 2.05) is 37.8 Å². The van der Waals surface area contributed by atoms with Crippen LogP contribution in [0, 0.1) is 0 Å². The predicted molar refractivity (Wildman–Crippen MR) is 116 cm³/mol. The third-order valence-electron chi connectivity index (χ3n) is 4.50. The molecule has 0 unspecified atom stereocenters. The van der Waals surface area contributed by atoms with Crippen LogP contribution in [0.25, 0.3) is 0 Å². The number of nitrogens with one attached hydrogen (secondary N) is 2. The lowest BCUT2D eigenvalue weighted by molar-refractivity contribution is -0.127. The number of nitrogens with zero attached hydrogens (tertiary/aromatic N) is 1. The summed E-state index contributed by atoms with van der Waals surface area (Å²) < 4.78 is 12.2. The molecular weight excluding hydrogens is 438 g/mol. The minimum atomic E-state index is -0.317. The van der Waals surface area contributed by atoms with Gasteiger partial charge in [-0.25, -0.2) is 0 Å². The minimum Gasteiger partial charge on any atom is -0.493 e. The second-order valence-electron chi connectivity index (χ2n) is 8.16. The SMILES string of the molecule is COc1ccc(Br)c(CNCCCN2CCCC2=O)c1OCC(=O)NC(C)(C)C. The number of halogens is 1. The van der Waals surface area contributed by atoms with Crippen molar-refractivity contribution in [1.82, 2.24) is 15.5 Å². The summed E-state index contributed by atoms with van der Waals surface area (Å²) in [6.45, 7) is 8.67. The molecular formula is C21H32BrN3O4. The molecule has 162 valence electrons. The Balaban J connectivity index is 1.93. The lowest BCUT2D eigenvalue weighted by Gasteiger charge is -2.22. The van der Waals surface area contributed by atoms with Crippen LogP contribution in [0.5, 0.6) is 11.5 Å². The Hall–Kier alpha value is -1.80. The van der Waals surface area contributed by atoms with Gasteiger partial charge in [0.2, 0.25) is 5.91 Å². The van der Waals surface area contributed by atoms with Gasteiger partial charge < -0.3 is 25.0 Å². The Labute approximate surface area is 181 Å². The summed E-state index contributed by atoms with van der Waals surface area (Å²) in [5, 5.41) is 6.28. The fraction of sp³-hybridized carbons (Fsp3) is 0.619. The zero-order chi connectivity index (χ0) is 21.4. The normalized spacial score (nSPS) is 14.2. The van der Waals surface area contributed by atoms with Gasteiger partial charge in [0.15, 0.2) is 18.1 Å². The minimum absolute atomic E-state index is 0.0891. The highest BCUT2D eigenvalue weighted by molar-refractivity contribution is 9.10. The van der Waals surface area contributed by atoms with Gasteiger partial charge in [0, 0.05) is 41.6 Å². The maximum atomic E-state index is 12.1. The predicted octanol–water partition coefficient (Wildman–Crippen LogP) is 2.85. The lowest BCUT2D eigenvalue weighted by atomic mass is 10.1. The van der Waals surface area contributed by atoms with Crippen molar-refractivity contribution in [3.05, 3.63) is 22.2 Å². The Morgan fingerprint density at radius 2 is 2.07 bits per heavy atom. The van der Waals surface area contributed by atoms with Crippen molar-refractivity contribution < 1.29 is 19.1 Å². The third-order valence-corrected chi connectivity index (χ3v) is 5.25. The average Bonchev–Trinajstić information content (AvgIpc) is 3.04.